The molecule has 0 saturated heterocycles. The van der Waals surface area contributed by atoms with Crippen molar-refractivity contribution in [2.24, 2.45) is 0 Å². The monoisotopic (exact) mass is 317 g/mol. The number of aliphatic hydroxyl groups excluding tert-OH is 1. The molecule has 2 N–H and O–H groups in total. The summed E-state index contributed by atoms with van der Waals surface area (Å²) in [7, 11) is 0. The van der Waals surface area contributed by atoms with E-state index in [1.807, 2.05) is 54.6 Å². The van der Waals surface area contributed by atoms with E-state index in [0.29, 0.717) is 6.42 Å². The molecular weight excluding hydrogens is 294 g/mol. The number of aliphatic hydroxyl groups is 1. The molecule has 0 aliphatic carbocycles. The molecule has 0 fully saturated rings. The number of rotatable bonds is 7. The van der Waals surface area contributed by atoms with Crippen molar-refractivity contribution in [1.29, 1.82) is 0 Å². The summed E-state index contributed by atoms with van der Waals surface area (Å²) in [5.74, 6) is 0. The number of nitrogens with one attached hydrogen (secondary N) is 1. The zero-order valence-corrected chi connectivity index (χ0v) is 13.7. The third-order valence-corrected chi connectivity index (χ3v) is 4.16. The molecule has 0 radical (unpaired) electrons. The summed E-state index contributed by atoms with van der Waals surface area (Å²) >= 11 is 0. The van der Waals surface area contributed by atoms with E-state index < -0.39 is 6.10 Å². The van der Waals surface area contributed by atoms with E-state index in [2.05, 4.69) is 41.7 Å². The molecule has 2 atom stereocenters. The smallest absolute Gasteiger partial charge is 0.0809 e. The fourth-order valence-electron chi connectivity index (χ4n) is 2.94. The van der Waals surface area contributed by atoms with Crippen LogP contribution < -0.4 is 5.32 Å². The predicted molar refractivity (Wildman–Crippen MR) is 100 cm³/mol. The van der Waals surface area contributed by atoms with E-state index in [-0.39, 0.29) is 6.04 Å². The summed E-state index contributed by atoms with van der Waals surface area (Å²) in [5, 5.41) is 14.2. The van der Waals surface area contributed by atoms with Crippen LogP contribution >= 0.6 is 0 Å². The highest BCUT2D eigenvalue weighted by Gasteiger charge is 2.16. The van der Waals surface area contributed by atoms with Crippen LogP contribution in [0.1, 0.15) is 23.7 Å². The SMILES string of the molecule is O[C@@H](C[C@@H](Cc1ccccc1)Nc1ccccc1)c1ccccc1. The van der Waals surface area contributed by atoms with Crippen LogP contribution in [0.5, 0.6) is 0 Å². The first-order chi connectivity index (χ1) is 11.8. The summed E-state index contributed by atoms with van der Waals surface area (Å²) < 4.78 is 0. The minimum absolute atomic E-state index is 0.157. The van der Waals surface area contributed by atoms with E-state index in [4.69, 9.17) is 0 Å². The maximum absolute atomic E-state index is 10.6. The highest BCUT2D eigenvalue weighted by Crippen LogP contribution is 2.22. The fraction of sp³-hybridized carbons (Fsp3) is 0.182. The topological polar surface area (TPSA) is 32.3 Å². The molecular formula is C22H23NO. The molecule has 0 aliphatic rings. The van der Waals surface area contributed by atoms with Crippen molar-refractivity contribution in [3.05, 3.63) is 102 Å². The van der Waals surface area contributed by atoms with Crippen LogP contribution in [0, 0.1) is 0 Å². The van der Waals surface area contributed by atoms with Gasteiger partial charge < -0.3 is 10.4 Å². The zero-order valence-electron chi connectivity index (χ0n) is 13.7. The van der Waals surface area contributed by atoms with Crippen molar-refractivity contribution >= 4 is 5.69 Å². The molecule has 2 heteroatoms. The second-order valence-electron chi connectivity index (χ2n) is 6.06. The van der Waals surface area contributed by atoms with E-state index in [9.17, 15) is 5.11 Å². The van der Waals surface area contributed by atoms with Gasteiger partial charge in [0, 0.05) is 11.7 Å². The van der Waals surface area contributed by atoms with Crippen LogP contribution in [0.15, 0.2) is 91.0 Å². The Morgan fingerprint density at radius 3 is 1.88 bits per heavy atom. The average Bonchev–Trinajstić information content (AvgIpc) is 2.64. The van der Waals surface area contributed by atoms with Crippen molar-refractivity contribution in [2.75, 3.05) is 5.32 Å². The Hall–Kier alpha value is -2.58. The van der Waals surface area contributed by atoms with Crippen molar-refractivity contribution in [1.82, 2.24) is 0 Å². The summed E-state index contributed by atoms with van der Waals surface area (Å²) in [6, 6.07) is 30.6. The quantitative estimate of drug-likeness (QED) is 0.654. The summed E-state index contributed by atoms with van der Waals surface area (Å²) in [4.78, 5) is 0. The molecule has 3 rings (SSSR count). The molecule has 0 bridgehead atoms. The standard InChI is InChI=1S/C22H23NO/c24-22(19-12-6-2-7-13-19)17-21(16-18-10-4-1-5-11-18)23-20-14-8-3-9-15-20/h1-15,21-24H,16-17H2/t21-,22+/m1/s1. The van der Waals surface area contributed by atoms with Gasteiger partial charge >= 0.3 is 0 Å². The molecule has 0 amide bonds. The second-order valence-corrected chi connectivity index (χ2v) is 6.06. The lowest BCUT2D eigenvalue weighted by atomic mass is 9.96. The molecule has 0 aliphatic heterocycles. The Morgan fingerprint density at radius 2 is 1.25 bits per heavy atom. The van der Waals surface area contributed by atoms with Gasteiger partial charge in [0.15, 0.2) is 0 Å². The lowest BCUT2D eigenvalue weighted by Crippen LogP contribution is -2.25. The predicted octanol–water partition coefficient (Wildman–Crippen LogP) is 4.83. The fourth-order valence-corrected chi connectivity index (χ4v) is 2.94. The van der Waals surface area contributed by atoms with Gasteiger partial charge in [-0.05, 0) is 36.1 Å². The largest absolute Gasteiger partial charge is 0.388 e. The van der Waals surface area contributed by atoms with Crippen molar-refractivity contribution in [2.45, 2.75) is 25.0 Å². The number of hydrogen-bond donors (Lipinski definition) is 2. The maximum atomic E-state index is 10.6. The van der Waals surface area contributed by atoms with E-state index >= 15 is 0 Å². The van der Waals surface area contributed by atoms with E-state index in [0.717, 1.165) is 17.7 Å². The van der Waals surface area contributed by atoms with Gasteiger partial charge in [-0.2, -0.15) is 0 Å². The third kappa shape index (κ3) is 4.71. The van der Waals surface area contributed by atoms with E-state index in [1.165, 1.54) is 5.56 Å². The van der Waals surface area contributed by atoms with E-state index in [1.54, 1.807) is 0 Å². The van der Waals surface area contributed by atoms with Crippen LogP contribution in [0.4, 0.5) is 5.69 Å². The second kappa shape index (κ2) is 8.32. The molecule has 3 aromatic rings. The van der Waals surface area contributed by atoms with Gasteiger partial charge in [0.2, 0.25) is 0 Å². The molecule has 0 aromatic heterocycles. The summed E-state index contributed by atoms with van der Waals surface area (Å²) in [6.45, 7) is 0. The van der Waals surface area contributed by atoms with Crippen molar-refractivity contribution in [3.8, 4) is 0 Å². The average molecular weight is 317 g/mol. The molecule has 2 nitrogen and oxygen atoms in total. The number of benzene rings is 3. The lowest BCUT2D eigenvalue weighted by molar-refractivity contribution is 0.160. The number of hydrogen-bond acceptors (Lipinski definition) is 2. The van der Waals surface area contributed by atoms with Gasteiger partial charge in [-0.1, -0.05) is 78.9 Å². The van der Waals surface area contributed by atoms with Crippen molar-refractivity contribution < 1.29 is 5.11 Å². The minimum atomic E-state index is -0.476. The molecule has 24 heavy (non-hydrogen) atoms. The molecule has 0 saturated carbocycles. The van der Waals surface area contributed by atoms with Gasteiger partial charge in [0.05, 0.1) is 6.10 Å². The Morgan fingerprint density at radius 1 is 0.708 bits per heavy atom. The third-order valence-electron chi connectivity index (χ3n) is 4.16. The number of para-hydroxylation sites is 1. The number of anilines is 1. The highest BCUT2D eigenvalue weighted by molar-refractivity contribution is 5.44. The Kier molecular flexibility index (Phi) is 5.65. The van der Waals surface area contributed by atoms with Gasteiger partial charge in [0.1, 0.15) is 0 Å². The first-order valence-corrected chi connectivity index (χ1v) is 8.40. The van der Waals surface area contributed by atoms with Gasteiger partial charge in [0.25, 0.3) is 0 Å². The zero-order chi connectivity index (χ0) is 16.6. The Bertz CT molecular complexity index is 671. The molecule has 0 spiro atoms. The van der Waals surface area contributed by atoms with Crippen LogP contribution in [0.2, 0.25) is 0 Å². The van der Waals surface area contributed by atoms with Crippen LogP contribution in [0.25, 0.3) is 0 Å². The molecule has 122 valence electrons. The van der Waals surface area contributed by atoms with Crippen LogP contribution in [-0.4, -0.2) is 11.1 Å². The van der Waals surface area contributed by atoms with Gasteiger partial charge in [-0.15, -0.1) is 0 Å². The summed E-state index contributed by atoms with van der Waals surface area (Å²) in [6.07, 6.45) is 1.06. The van der Waals surface area contributed by atoms with Gasteiger partial charge in [-0.25, -0.2) is 0 Å². The molecule has 3 aromatic carbocycles. The Balaban J connectivity index is 1.73. The molecule has 0 unspecified atom stereocenters. The maximum Gasteiger partial charge on any atom is 0.0809 e. The van der Waals surface area contributed by atoms with Crippen LogP contribution in [0.3, 0.4) is 0 Å². The summed E-state index contributed by atoms with van der Waals surface area (Å²) in [5.41, 5.74) is 3.32. The molecule has 0 heterocycles. The van der Waals surface area contributed by atoms with Crippen molar-refractivity contribution in [3.63, 3.8) is 0 Å². The first-order valence-electron chi connectivity index (χ1n) is 8.40. The normalized spacial score (nSPS) is 13.2. The first kappa shape index (κ1) is 16.3. The van der Waals surface area contributed by atoms with Gasteiger partial charge in [-0.3, -0.25) is 0 Å². The minimum Gasteiger partial charge on any atom is -0.388 e. The lowest BCUT2D eigenvalue weighted by Gasteiger charge is -2.23. The highest BCUT2D eigenvalue weighted by atomic mass is 16.3. The Labute approximate surface area is 143 Å². The van der Waals surface area contributed by atoms with Crippen LogP contribution in [-0.2, 0) is 6.42 Å².